The number of amides is 2. The number of rotatable bonds is 7. The standard InChI is InChI=1S/C37H37N3O4/c1-2-44-34(41)25-39-22-20-37(26-39)21-23-40(33-15-9-6-12-29(33)24-37)36(43)28-16-18-30(19-17-28)38-35(42)32-14-8-7-13-31(32)27-10-4-3-5-11-27/h3-19H,2,20-26H2,1H3,(H,38,42). The van der Waals surface area contributed by atoms with E-state index in [0.29, 0.717) is 36.5 Å². The van der Waals surface area contributed by atoms with Gasteiger partial charge in [-0.25, -0.2) is 0 Å². The molecule has 2 aliphatic heterocycles. The fourth-order valence-corrected chi connectivity index (χ4v) is 6.60. The summed E-state index contributed by atoms with van der Waals surface area (Å²) in [5.74, 6) is -0.456. The number of para-hydroxylation sites is 1. The zero-order valence-corrected chi connectivity index (χ0v) is 25.0. The predicted molar refractivity (Wildman–Crippen MR) is 173 cm³/mol. The van der Waals surface area contributed by atoms with Gasteiger partial charge in [-0.2, -0.15) is 0 Å². The summed E-state index contributed by atoms with van der Waals surface area (Å²) in [4.78, 5) is 43.4. The van der Waals surface area contributed by atoms with Crippen molar-refractivity contribution in [3.63, 3.8) is 0 Å². The molecule has 0 aliphatic carbocycles. The summed E-state index contributed by atoms with van der Waals surface area (Å²) in [6, 6.07) is 32.6. The monoisotopic (exact) mass is 587 g/mol. The van der Waals surface area contributed by atoms with E-state index < -0.39 is 0 Å². The van der Waals surface area contributed by atoms with Crippen LogP contribution in [0, 0.1) is 5.41 Å². The number of nitrogens with one attached hydrogen (secondary N) is 1. The lowest BCUT2D eigenvalue weighted by Crippen LogP contribution is -2.35. The van der Waals surface area contributed by atoms with E-state index >= 15 is 0 Å². The summed E-state index contributed by atoms with van der Waals surface area (Å²) in [6.45, 7) is 4.77. The van der Waals surface area contributed by atoms with Crippen molar-refractivity contribution in [3.05, 3.63) is 120 Å². The second-order valence-corrected chi connectivity index (χ2v) is 11.7. The highest BCUT2D eigenvalue weighted by atomic mass is 16.5. The van der Waals surface area contributed by atoms with E-state index in [4.69, 9.17) is 4.74 Å². The van der Waals surface area contributed by atoms with E-state index in [2.05, 4.69) is 16.3 Å². The van der Waals surface area contributed by atoms with Crippen LogP contribution in [-0.4, -0.2) is 55.5 Å². The number of nitrogens with zero attached hydrogens (tertiary/aromatic N) is 2. The molecule has 224 valence electrons. The second-order valence-electron chi connectivity index (χ2n) is 11.7. The number of carbonyl (C=O) groups excluding carboxylic acids is 3. The van der Waals surface area contributed by atoms with Gasteiger partial charge in [-0.15, -0.1) is 0 Å². The molecule has 0 radical (unpaired) electrons. The summed E-state index contributed by atoms with van der Waals surface area (Å²) in [6.07, 6.45) is 2.69. The molecule has 7 nitrogen and oxygen atoms in total. The van der Waals surface area contributed by atoms with Crippen LogP contribution in [-0.2, 0) is 16.0 Å². The molecule has 1 spiro atoms. The summed E-state index contributed by atoms with van der Waals surface area (Å²) in [7, 11) is 0. The van der Waals surface area contributed by atoms with E-state index in [1.54, 1.807) is 24.3 Å². The Balaban J connectivity index is 1.16. The Labute approximate surface area is 258 Å². The maximum atomic E-state index is 13.9. The van der Waals surface area contributed by atoms with Crippen LogP contribution in [0.15, 0.2) is 103 Å². The first-order valence-corrected chi connectivity index (χ1v) is 15.3. The van der Waals surface area contributed by atoms with Gasteiger partial charge in [0.15, 0.2) is 0 Å². The van der Waals surface area contributed by atoms with E-state index in [1.807, 2.05) is 84.6 Å². The van der Waals surface area contributed by atoms with Crippen molar-refractivity contribution in [2.75, 3.05) is 43.0 Å². The van der Waals surface area contributed by atoms with Crippen LogP contribution in [0.1, 0.15) is 46.0 Å². The molecule has 0 aromatic heterocycles. The second kappa shape index (κ2) is 12.9. The topological polar surface area (TPSA) is 79.0 Å². The molecule has 1 unspecified atom stereocenters. The molecule has 2 aliphatic rings. The van der Waals surface area contributed by atoms with Crippen molar-refractivity contribution in [3.8, 4) is 11.1 Å². The van der Waals surface area contributed by atoms with Gasteiger partial charge in [0.2, 0.25) is 0 Å². The predicted octanol–water partition coefficient (Wildman–Crippen LogP) is 6.45. The summed E-state index contributed by atoms with van der Waals surface area (Å²) in [5, 5.41) is 3.00. The highest BCUT2D eigenvalue weighted by molar-refractivity contribution is 6.09. The maximum Gasteiger partial charge on any atom is 0.320 e. The van der Waals surface area contributed by atoms with Crippen LogP contribution in [0.5, 0.6) is 0 Å². The number of esters is 1. The molecule has 1 atom stereocenters. The average Bonchev–Trinajstić information content (AvgIpc) is 3.35. The summed E-state index contributed by atoms with van der Waals surface area (Å²) in [5.41, 5.74) is 5.70. The minimum absolute atomic E-state index is 0.00179. The Hall–Kier alpha value is -4.75. The van der Waals surface area contributed by atoms with Crippen LogP contribution in [0.2, 0.25) is 0 Å². The Morgan fingerprint density at radius 3 is 2.32 bits per heavy atom. The molecule has 4 aromatic rings. The lowest BCUT2D eigenvalue weighted by molar-refractivity contribution is -0.144. The van der Waals surface area contributed by atoms with Gasteiger partial charge in [-0.05, 0) is 91.2 Å². The quantitative estimate of drug-likeness (QED) is 0.251. The normalized spacial score (nSPS) is 18.0. The van der Waals surface area contributed by atoms with Crippen molar-refractivity contribution in [1.29, 1.82) is 0 Å². The first-order valence-electron chi connectivity index (χ1n) is 15.3. The minimum atomic E-state index is -0.205. The van der Waals surface area contributed by atoms with E-state index in [0.717, 1.165) is 54.7 Å². The zero-order chi connectivity index (χ0) is 30.5. The molecular formula is C37H37N3O4. The fraction of sp³-hybridized carbons (Fsp3) is 0.270. The van der Waals surface area contributed by atoms with Gasteiger partial charge in [0.1, 0.15) is 0 Å². The van der Waals surface area contributed by atoms with E-state index in [1.165, 1.54) is 0 Å². The number of likely N-dealkylation sites (tertiary alicyclic amines) is 1. The average molecular weight is 588 g/mol. The van der Waals surface area contributed by atoms with Crippen LogP contribution in [0.4, 0.5) is 11.4 Å². The van der Waals surface area contributed by atoms with Crippen LogP contribution in [0.3, 0.4) is 0 Å². The summed E-state index contributed by atoms with van der Waals surface area (Å²) < 4.78 is 5.18. The van der Waals surface area contributed by atoms with Crippen LogP contribution in [0.25, 0.3) is 11.1 Å². The number of ether oxygens (including phenoxy) is 1. The molecule has 7 heteroatoms. The van der Waals surface area contributed by atoms with Gasteiger partial charge >= 0.3 is 5.97 Å². The first kappa shape index (κ1) is 29.3. The fourth-order valence-electron chi connectivity index (χ4n) is 6.60. The third-order valence-corrected chi connectivity index (χ3v) is 8.78. The Bertz CT molecular complexity index is 1650. The SMILES string of the molecule is CCOC(=O)CN1CCC2(CCN(C(=O)c3ccc(NC(=O)c4ccccc4-c4ccccc4)cc3)c3ccccc3C2)C1. The van der Waals surface area contributed by atoms with Gasteiger partial charge in [0.05, 0.1) is 13.2 Å². The molecule has 0 bridgehead atoms. The molecule has 44 heavy (non-hydrogen) atoms. The Kier molecular flexibility index (Phi) is 8.57. The Morgan fingerprint density at radius 1 is 0.818 bits per heavy atom. The first-order chi connectivity index (χ1) is 21.4. The number of hydrogen-bond donors (Lipinski definition) is 1. The number of benzene rings is 4. The number of anilines is 2. The molecular weight excluding hydrogens is 550 g/mol. The molecule has 1 fully saturated rings. The van der Waals surface area contributed by atoms with Gasteiger partial charge in [-0.1, -0.05) is 66.7 Å². The minimum Gasteiger partial charge on any atom is -0.465 e. The number of carbonyl (C=O) groups is 3. The van der Waals surface area contributed by atoms with Gasteiger partial charge in [-0.3, -0.25) is 19.3 Å². The van der Waals surface area contributed by atoms with Crippen LogP contribution >= 0.6 is 0 Å². The van der Waals surface area contributed by atoms with E-state index in [-0.39, 0.29) is 23.2 Å². The number of fused-ring (bicyclic) bond motifs is 1. The molecule has 6 rings (SSSR count). The largest absolute Gasteiger partial charge is 0.465 e. The number of hydrogen-bond acceptors (Lipinski definition) is 5. The van der Waals surface area contributed by atoms with Crippen molar-refractivity contribution in [2.45, 2.75) is 26.2 Å². The molecule has 1 N–H and O–H groups in total. The smallest absolute Gasteiger partial charge is 0.320 e. The van der Waals surface area contributed by atoms with Gasteiger partial charge in [0.25, 0.3) is 11.8 Å². The third kappa shape index (κ3) is 6.29. The molecule has 2 amide bonds. The lowest BCUT2D eigenvalue weighted by atomic mass is 9.78. The van der Waals surface area contributed by atoms with Gasteiger partial charge in [0, 0.05) is 35.6 Å². The molecule has 1 saturated heterocycles. The van der Waals surface area contributed by atoms with Crippen molar-refractivity contribution in [1.82, 2.24) is 4.90 Å². The maximum absolute atomic E-state index is 13.9. The lowest BCUT2D eigenvalue weighted by Gasteiger charge is -2.28. The van der Waals surface area contributed by atoms with Gasteiger partial charge < -0.3 is 15.0 Å². The Morgan fingerprint density at radius 2 is 1.52 bits per heavy atom. The van der Waals surface area contributed by atoms with Crippen LogP contribution < -0.4 is 10.2 Å². The van der Waals surface area contributed by atoms with E-state index in [9.17, 15) is 14.4 Å². The van der Waals surface area contributed by atoms with Crippen molar-refractivity contribution in [2.24, 2.45) is 5.41 Å². The summed E-state index contributed by atoms with van der Waals surface area (Å²) >= 11 is 0. The van der Waals surface area contributed by atoms with Crippen molar-refractivity contribution >= 4 is 29.2 Å². The molecule has 4 aromatic carbocycles. The molecule has 2 heterocycles. The highest BCUT2D eigenvalue weighted by Crippen LogP contribution is 2.43. The zero-order valence-electron chi connectivity index (χ0n) is 25.0. The van der Waals surface area contributed by atoms with Crippen molar-refractivity contribution < 1.29 is 19.1 Å². The molecule has 0 saturated carbocycles. The highest BCUT2D eigenvalue weighted by Gasteiger charge is 2.42. The third-order valence-electron chi connectivity index (χ3n) is 8.78.